The van der Waals surface area contributed by atoms with Gasteiger partial charge >= 0.3 is 0 Å². The van der Waals surface area contributed by atoms with Gasteiger partial charge in [-0.2, -0.15) is 0 Å². The molecule has 12 aromatic rings. The number of hydrogen-bond donors (Lipinski definition) is 0. The lowest BCUT2D eigenvalue weighted by molar-refractivity contribution is 0.768. The average molecular weight is 969 g/mol. The maximum atomic E-state index is 2.52. The summed E-state index contributed by atoms with van der Waals surface area (Å²) in [6.07, 6.45) is 0. The second-order valence-electron chi connectivity index (χ2n) is 19.9. The molecule has 0 unspecified atom stereocenters. The molecule has 12 aromatic carbocycles. The molecule has 2 nitrogen and oxygen atoms in total. The van der Waals surface area contributed by atoms with E-state index in [0.29, 0.717) is 0 Å². The molecular formula is C74H52N2. The Kier molecular flexibility index (Phi) is 11.0. The molecule has 0 atom stereocenters. The summed E-state index contributed by atoms with van der Waals surface area (Å²) in [5.41, 5.74) is 22.6. The van der Waals surface area contributed by atoms with Gasteiger partial charge < -0.3 is 9.80 Å². The van der Waals surface area contributed by atoms with Gasteiger partial charge in [-0.3, -0.25) is 0 Å². The number of hydrogen-bond acceptors (Lipinski definition) is 2. The minimum absolute atomic E-state index is 0.550. The number of anilines is 6. The lowest BCUT2D eigenvalue weighted by Gasteiger charge is -2.35. The third-order valence-electron chi connectivity index (χ3n) is 16.0. The highest BCUT2D eigenvalue weighted by molar-refractivity contribution is 6.00. The van der Waals surface area contributed by atoms with Gasteiger partial charge in [-0.25, -0.2) is 0 Å². The Morgan fingerprint density at radius 3 is 1.14 bits per heavy atom. The zero-order valence-electron chi connectivity index (χ0n) is 41.9. The van der Waals surface area contributed by atoms with E-state index in [1.807, 2.05) is 0 Å². The second kappa shape index (κ2) is 18.6. The van der Waals surface area contributed by atoms with Crippen molar-refractivity contribution in [3.8, 4) is 33.4 Å². The molecule has 0 heterocycles. The Morgan fingerprint density at radius 1 is 0.211 bits per heavy atom. The summed E-state index contributed by atoms with van der Waals surface area (Å²) < 4.78 is 0. The molecule has 2 heteroatoms. The molecule has 0 aromatic heterocycles. The van der Waals surface area contributed by atoms with Crippen molar-refractivity contribution in [1.29, 1.82) is 0 Å². The number of para-hydroxylation sites is 2. The van der Waals surface area contributed by atoms with Crippen LogP contribution < -0.4 is 9.80 Å². The van der Waals surface area contributed by atoms with Crippen LogP contribution in [0.2, 0.25) is 0 Å². The first-order valence-corrected chi connectivity index (χ1v) is 26.3. The van der Waals surface area contributed by atoms with Crippen LogP contribution in [0.1, 0.15) is 44.5 Å². The van der Waals surface area contributed by atoms with Crippen LogP contribution in [0.4, 0.5) is 34.1 Å². The fourth-order valence-electron chi connectivity index (χ4n) is 13.0. The smallest absolute Gasteiger partial charge is 0.0714 e. The number of fused-ring (bicyclic) bond motifs is 6. The Hall–Kier alpha value is -9.76. The van der Waals surface area contributed by atoms with Crippen molar-refractivity contribution < 1.29 is 0 Å². The number of rotatable bonds is 11. The maximum Gasteiger partial charge on any atom is 0.0714 e. The summed E-state index contributed by atoms with van der Waals surface area (Å²) in [6.45, 7) is 0. The predicted octanol–water partition coefficient (Wildman–Crippen LogP) is 19.0. The molecule has 0 radical (unpaired) electrons. The zero-order chi connectivity index (χ0) is 50.5. The molecule has 76 heavy (non-hydrogen) atoms. The van der Waals surface area contributed by atoms with E-state index >= 15 is 0 Å². The van der Waals surface area contributed by atoms with Crippen LogP contribution in [-0.2, 0) is 10.8 Å². The monoisotopic (exact) mass is 968 g/mol. The van der Waals surface area contributed by atoms with Crippen LogP contribution in [0.3, 0.4) is 0 Å². The Labute approximate surface area is 445 Å². The summed E-state index contributed by atoms with van der Waals surface area (Å²) in [6, 6.07) is 116. The first kappa shape index (κ1) is 44.9. The predicted molar refractivity (Wildman–Crippen MR) is 316 cm³/mol. The molecule has 0 fully saturated rings. The molecule has 14 rings (SSSR count). The highest BCUT2D eigenvalue weighted by atomic mass is 15.2. The van der Waals surface area contributed by atoms with Gasteiger partial charge in [0.25, 0.3) is 0 Å². The first-order chi connectivity index (χ1) is 37.7. The third kappa shape index (κ3) is 6.95. The van der Waals surface area contributed by atoms with Crippen LogP contribution in [0, 0.1) is 0 Å². The van der Waals surface area contributed by atoms with Gasteiger partial charge in [0, 0.05) is 33.9 Å². The topological polar surface area (TPSA) is 6.48 Å². The van der Waals surface area contributed by atoms with E-state index < -0.39 is 10.8 Å². The van der Waals surface area contributed by atoms with E-state index in [9.17, 15) is 0 Å². The van der Waals surface area contributed by atoms with Crippen LogP contribution >= 0.6 is 0 Å². The van der Waals surface area contributed by atoms with E-state index in [1.54, 1.807) is 0 Å². The molecule has 0 bridgehead atoms. The minimum Gasteiger partial charge on any atom is -0.310 e. The fraction of sp³-hybridized carbons (Fsp3) is 0.0270. The minimum atomic E-state index is -0.566. The molecule has 0 aliphatic heterocycles. The molecule has 2 aliphatic carbocycles. The van der Waals surface area contributed by atoms with Gasteiger partial charge in [-0.1, -0.05) is 261 Å². The van der Waals surface area contributed by atoms with E-state index in [-0.39, 0.29) is 0 Å². The molecule has 0 amide bonds. The van der Waals surface area contributed by atoms with E-state index in [1.165, 1.54) is 66.8 Å². The van der Waals surface area contributed by atoms with Crippen molar-refractivity contribution in [3.05, 3.63) is 360 Å². The van der Waals surface area contributed by atoms with Gasteiger partial charge in [0.05, 0.1) is 22.2 Å². The lowest BCUT2D eigenvalue weighted by atomic mass is 9.67. The van der Waals surface area contributed by atoms with Gasteiger partial charge in [-0.15, -0.1) is 0 Å². The maximum absolute atomic E-state index is 2.52. The summed E-state index contributed by atoms with van der Waals surface area (Å²) in [5.74, 6) is 0. The molecule has 0 saturated heterocycles. The molecule has 2 aliphatic rings. The molecule has 0 spiro atoms. The number of benzene rings is 12. The molecular weight excluding hydrogens is 917 g/mol. The van der Waals surface area contributed by atoms with Crippen LogP contribution in [-0.4, -0.2) is 0 Å². The average Bonchev–Trinajstić information content (AvgIpc) is 4.19. The van der Waals surface area contributed by atoms with E-state index in [2.05, 4.69) is 325 Å². The van der Waals surface area contributed by atoms with Crippen molar-refractivity contribution >= 4 is 34.1 Å². The van der Waals surface area contributed by atoms with Crippen molar-refractivity contribution in [1.82, 2.24) is 0 Å². The SMILES string of the molecule is c1ccc(-c2ccccc2N(c2cccc(N(c3ccccc3)c3cccc(C4(c5ccccc5)c5ccccc5-c5ccccc54)c3)c2)c2cccc3c2-c2ccccc2C3(c2ccccc2)c2ccccc2)cc1. The fourth-order valence-corrected chi connectivity index (χ4v) is 13.0. The summed E-state index contributed by atoms with van der Waals surface area (Å²) in [4.78, 5) is 4.95. The highest BCUT2D eigenvalue weighted by Crippen LogP contribution is 2.61. The highest BCUT2D eigenvalue weighted by Gasteiger charge is 2.48. The van der Waals surface area contributed by atoms with Crippen molar-refractivity contribution in [2.75, 3.05) is 9.80 Å². The standard InChI is InChI=1S/C74H52N2/c1-6-27-53(28-7-1)62-41-19-23-49-70(62)76(71-50-26-48-69-72(71)65-44-18-22-47-68(65)73(69,54-29-8-2-9-30-54)55-31-10-3-11-32-55)61-40-25-39-60(52-61)75(58-36-14-5-15-37-58)59-38-24-35-57(51-59)74(56-33-12-4-13-34-56)66-45-20-16-42-63(66)64-43-17-21-46-67(64)74/h1-52H. The summed E-state index contributed by atoms with van der Waals surface area (Å²) in [5, 5.41) is 0. The van der Waals surface area contributed by atoms with Crippen LogP contribution in [0.5, 0.6) is 0 Å². The first-order valence-electron chi connectivity index (χ1n) is 26.3. The van der Waals surface area contributed by atoms with Crippen molar-refractivity contribution in [2.24, 2.45) is 0 Å². The molecule has 358 valence electrons. The van der Waals surface area contributed by atoms with E-state index in [4.69, 9.17) is 0 Å². The molecule has 0 saturated carbocycles. The van der Waals surface area contributed by atoms with Crippen molar-refractivity contribution in [2.45, 2.75) is 10.8 Å². The quantitative estimate of drug-likeness (QED) is 0.127. The van der Waals surface area contributed by atoms with Crippen LogP contribution in [0.15, 0.2) is 315 Å². The normalized spacial score (nSPS) is 13.2. The van der Waals surface area contributed by atoms with Gasteiger partial charge in [-0.05, 0) is 121 Å². The van der Waals surface area contributed by atoms with Gasteiger partial charge in [0.15, 0.2) is 0 Å². The van der Waals surface area contributed by atoms with Crippen molar-refractivity contribution in [3.63, 3.8) is 0 Å². The second-order valence-corrected chi connectivity index (χ2v) is 19.9. The molecule has 0 N–H and O–H groups in total. The van der Waals surface area contributed by atoms with E-state index in [0.717, 1.165) is 45.3 Å². The Balaban J connectivity index is 1.01. The third-order valence-corrected chi connectivity index (χ3v) is 16.0. The van der Waals surface area contributed by atoms with Gasteiger partial charge in [0.2, 0.25) is 0 Å². The van der Waals surface area contributed by atoms with Crippen LogP contribution in [0.25, 0.3) is 33.4 Å². The zero-order valence-corrected chi connectivity index (χ0v) is 41.9. The Bertz CT molecular complexity index is 3970. The number of nitrogens with zero attached hydrogens (tertiary/aromatic N) is 2. The Morgan fingerprint density at radius 2 is 0.566 bits per heavy atom. The largest absolute Gasteiger partial charge is 0.310 e. The lowest BCUT2D eigenvalue weighted by Crippen LogP contribution is -2.28. The summed E-state index contributed by atoms with van der Waals surface area (Å²) in [7, 11) is 0. The van der Waals surface area contributed by atoms with Gasteiger partial charge in [0.1, 0.15) is 0 Å². The summed E-state index contributed by atoms with van der Waals surface area (Å²) >= 11 is 0.